The molecule has 0 saturated carbocycles. The Morgan fingerprint density at radius 1 is 1.00 bits per heavy atom. The lowest BCUT2D eigenvalue weighted by Gasteiger charge is -2.23. The van der Waals surface area contributed by atoms with Crippen LogP contribution in [0.5, 0.6) is 0 Å². The third-order valence-electron chi connectivity index (χ3n) is 4.00. The smallest absolute Gasteiger partial charge is 0.427 e. The Morgan fingerprint density at radius 3 is 2.00 bits per heavy atom. The first kappa shape index (κ1) is 24.6. The molecule has 0 amide bonds. The Morgan fingerprint density at radius 2 is 1.53 bits per heavy atom. The average molecular weight is 476 g/mol. The summed E-state index contributed by atoms with van der Waals surface area (Å²) in [7, 11) is 4.45. The van der Waals surface area contributed by atoms with Gasteiger partial charge in [0.1, 0.15) is 11.6 Å². The fraction of sp³-hybridized carbons (Fsp3) is 0.143. The summed E-state index contributed by atoms with van der Waals surface area (Å²) in [6.07, 6.45) is -2.48. The van der Waals surface area contributed by atoms with Gasteiger partial charge in [0.25, 0.3) is 0 Å². The van der Waals surface area contributed by atoms with E-state index in [1.807, 2.05) is 0 Å². The van der Waals surface area contributed by atoms with E-state index in [0.29, 0.717) is 18.6 Å². The van der Waals surface area contributed by atoms with Gasteiger partial charge in [-0.25, -0.2) is 13.2 Å². The summed E-state index contributed by atoms with van der Waals surface area (Å²) < 4.78 is 74.2. The van der Waals surface area contributed by atoms with Crippen molar-refractivity contribution in [3.05, 3.63) is 77.4 Å². The van der Waals surface area contributed by atoms with Crippen molar-refractivity contribution in [1.29, 1.82) is 0 Å². The Labute approximate surface area is 181 Å². The number of rotatable bonds is 6. The molecule has 0 aromatic heterocycles. The van der Waals surface area contributed by atoms with Crippen LogP contribution in [-0.4, -0.2) is 0 Å². The first-order valence-corrected chi connectivity index (χ1v) is 10.2. The van der Waals surface area contributed by atoms with Gasteiger partial charge < -0.3 is 4.74 Å². The van der Waals surface area contributed by atoms with Crippen LogP contribution in [0.15, 0.2) is 76.7 Å². The van der Waals surface area contributed by atoms with Gasteiger partial charge in [0.2, 0.25) is 0 Å². The van der Waals surface area contributed by atoms with E-state index in [4.69, 9.17) is 0 Å². The van der Waals surface area contributed by atoms with E-state index in [0.717, 1.165) is 16.5 Å². The van der Waals surface area contributed by atoms with Gasteiger partial charge >= 0.3 is 6.11 Å². The minimum absolute atomic E-state index is 0.156. The normalized spacial score (nSPS) is 13.9. The Kier molecular flexibility index (Phi) is 8.27. The molecule has 30 heavy (non-hydrogen) atoms. The van der Waals surface area contributed by atoms with Crippen LogP contribution < -0.4 is 10.6 Å². The van der Waals surface area contributed by atoms with Gasteiger partial charge in [-0.2, -0.15) is 8.78 Å². The summed E-state index contributed by atoms with van der Waals surface area (Å²) in [6.45, 7) is 2.01. The molecule has 2 rings (SSSR count). The molecule has 2 aromatic rings. The number of thiol groups is 1. The second-order valence-electron chi connectivity index (χ2n) is 6.23. The van der Waals surface area contributed by atoms with Crippen LogP contribution in [0.2, 0.25) is 0 Å². The fourth-order valence-electron chi connectivity index (χ4n) is 2.57. The summed E-state index contributed by atoms with van der Waals surface area (Å²) in [5.74, 6) is -5.50. The lowest BCUT2D eigenvalue weighted by molar-refractivity contribution is -0.219. The highest BCUT2D eigenvalue weighted by Crippen LogP contribution is 2.34. The zero-order chi connectivity index (χ0) is 22.6. The molecule has 160 valence electrons. The fourth-order valence-corrected chi connectivity index (χ4v) is 3.91. The van der Waals surface area contributed by atoms with E-state index in [9.17, 15) is 22.0 Å². The van der Waals surface area contributed by atoms with Gasteiger partial charge in [-0.05, 0) is 65.9 Å². The van der Waals surface area contributed by atoms with Crippen molar-refractivity contribution >= 4 is 41.7 Å². The maximum absolute atomic E-state index is 14.9. The van der Waals surface area contributed by atoms with Gasteiger partial charge in [-0.3, -0.25) is 0 Å². The van der Waals surface area contributed by atoms with Crippen molar-refractivity contribution in [1.82, 2.24) is 0 Å². The molecule has 0 aliphatic carbocycles. The Bertz CT molecular complexity index is 1000. The standard InChI is InChI=1S/C21H19F5OP2S/c1-3-14(10-16(23)20(24)11(2)22)27-21(25,26)19-17(28)8-13(9-18(19)29)12-4-6-15(30)7-5-12/h3-10,30H,28-29H2,1-2H3/b14-3+,16-10+,20-11-. The molecule has 2 aromatic carbocycles. The van der Waals surface area contributed by atoms with Crippen LogP contribution in [0.25, 0.3) is 11.1 Å². The maximum atomic E-state index is 14.9. The first-order chi connectivity index (χ1) is 14.0. The molecule has 2 atom stereocenters. The topological polar surface area (TPSA) is 9.23 Å². The minimum Gasteiger partial charge on any atom is -0.429 e. The number of ether oxygens (including phenoxy) is 1. The number of hydrogen-bond acceptors (Lipinski definition) is 2. The number of benzene rings is 2. The van der Waals surface area contributed by atoms with E-state index in [-0.39, 0.29) is 10.6 Å². The Hall–Kier alpha value is -1.68. The van der Waals surface area contributed by atoms with E-state index in [1.54, 1.807) is 36.4 Å². The van der Waals surface area contributed by atoms with Crippen molar-refractivity contribution in [3.63, 3.8) is 0 Å². The molecule has 0 fully saturated rings. The van der Waals surface area contributed by atoms with Gasteiger partial charge in [0.05, 0.1) is 5.56 Å². The predicted octanol–water partition coefficient (Wildman–Crippen LogP) is 6.64. The van der Waals surface area contributed by atoms with Gasteiger partial charge in [0, 0.05) is 11.0 Å². The largest absolute Gasteiger partial charge is 0.429 e. The molecule has 0 saturated heterocycles. The second kappa shape index (κ2) is 10.1. The van der Waals surface area contributed by atoms with Crippen molar-refractivity contribution in [2.45, 2.75) is 24.9 Å². The number of allylic oxidation sites excluding steroid dienone is 5. The first-order valence-electron chi connectivity index (χ1n) is 8.57. The number of alkyl halides is 2. The molecule has 0 aliphatic heterocycles. The third-order valence-corrected chi connectivity index (χ3v) is 5.21. The summed E-state index contributed by atoms with van der Waals surface area (Å²) in [5, 5.41) is 0.311. The third kappa shape index (κ3) is 5.94. The van der Waals surface area contributed by atoms with Crippen LogP contribution in [0.1, 0.15) is 19.4 Å². The molecule has 1 nitrogen and oxygen atoms in total. The van der Waals surface area contributed by atoms with Gasteiger partial charge in [0.15, 0.2) is 11.7 Å². The van der Waals surface area contributed by atoms with Crippen LogP contribution in [-0.2, 0) is 10.8 Å². The van der Waals surface area contributed by atoms with E-state index >= 15 is 0 Å². The summed E-state index contributed by atoms with van der Waals surface area (Å²) in [5.41, 5.74) is 1.04. The second-order valence-corrected chi connectivity index (χ2v) is 7.99. The summed E-state index contributed by atoms with van der Waals surface area (Å²) >= 11 is 4.22. The van der Waals surface area contributed by atoms with Crippen LogP contribution in [0.3, 0.4) is 0 Å². The van der Waals surface area contributed by atoms with Crippen LogP contribution >= 0.6 is 31.1 Å². The molecule has 9 heteroatoms. The molecule has 0 aliphatic rings. The predicted molar refractivity (Wildman–Crippen MR) is 121 cm³/mol. The zero-order valence-electron chi connectivity index (χ0n) is 16.0. The van der Waals surface area contributed by atoms with E-state index in [2.05, 4.69) is 35.8 Å². The van der Waals surface area contributed by atoms with Crippen LogP contribution in [0, 0.1) is 0 Å². The maximum Gasteiger partial charge on any atom is 0.427 e. The molecule has 0 spiro atoms. The van der Waals surface area contributed by atoms with Crippen LogP contribution in [0.4, 0.5) is 22.0 Å². The van der Waals surface area contributed by atoms with Crippen molar-refractivity contribution in [3.8, 4) is 11.1 Å². The van der Waals surface area contributed by atoms with Gasteiger partial charge in [-0.1, -0.05) is 12.1 Å². The monoisotopic (exact) mass is 476 g/mol. The summed E-state index contributed by atoms with van der Waals surface area (Å²) in [4.78, 5) is 0.765. The Balaban J connectivity index is 2.40. The summed E-state index contributed by atoms with van der Waals surface area (Å²) in [6, 6.07) is 10.3. The molecule has 0 N–H and O–H groups in total. The highest BCUT2D eigenvalue weighted by molar-refractivity contribution is 7.80. The van der Waals surface area contributed by atoms with Crippen molar-refractivity contribution < 1.29 is 26.7 Å². The number of halogens is 5. The molecule has 0 radical (unpaired) electrons. The lowest BCUT2D eigenvalue weighted by atomic mass is 10.0. The van der Waals surface area contributed by atoms with Gasteiger partial charge in [-0.15, -0.1) is 31.1 Å². The quantitative estimate of drug-likeness (QED) is 0.162. The molecular formula is C21H19F5OP2S. The molecular weight excluding hydrogens is 457 g/mol. The molecule has 2 unspecified atom stereocenters. The number of hydrogen-bond donors (Lipinski definition) is 1. The SMILES string of the molecule is C\C=C(/C=C(F)\C(F)=C(/C)F)OC(F)(F)c1c(P)cc(-c2ccc(S)cc2)cc1P. The molecule has 0 heterocycles. The van der Waals surface area contributed by atoms with Crippen molar-refractivity contribution in [2.75, 3.05) is 0 Å². The average Bonchev–Trinajstić information content (AvgIpc) is 2.66. The van der Waals surface area contributed by atoms with E-state index in [1.165, 1.54) is 6.92 Å². The zero-order valence-corrected chi connectivity index (χ0v) is 19.2. The lowest BCUT2D eigenvalue weighted by Crippen LogP contribution is -2.29. The minimum atomic E-state index is -3.87. The van der Waals surface area contributed by atoms with E-state index < -0.39 is 34.9 Å². The molecule has 0 bridgehead atoms. The highest BCUT2D eigenvalue weighted by Gasteiger charge is 2.38. The highest BCUT2D eigenvalue weighted by atomic mass is 32.1. The van der Waals surface area contributed by atoms with Crippen molar-refractivity contribution in [2.24, 2.45) is 0 Å².